The van der Waals surface area contributed by atoms with Crippen LogP contribution in [0.15, 0.2) is 65.3 Å². The van der Waals surface area contributed by atoms with Crippen molar-refractivity contribution >= 4 is 44.7 Å². The molecule has 1 aliphatic heterocycles. The summed E-state index contributed by atoms with van der Waals surface area (Å²) < 4.78 is 6.26. The fourth-order valence-corrected chi connectivity index (χ4v) is 3.43. The summed E-state index contributed by atoms with van der Waals surface area (Å²) in [4.78, 5) is 14.6. The summed E-state index contributed by atoms with van der Waals surface area (Å²) in [5, 5.41) is 14.4. The van der Waals surface area contributed by atoms with Crippen LogP contribution in [0.25, 0.3) is 0 Å². The molecule has 3 aromatic rings. The predicted molar refractivity (Wildman–Crippen MR) is 117 cm³/mol. The zero-order chi connectivity index (χ0) is 20.1. The van der Waals surface area contributed by atoms with E-state index in [0.29, 0.717) is 17.1 Å². The first-order valence-electron chi connectivity index (χ1n) is 9.27. The van der Waals surface area contributed by atoms with E-state index in [1.54, 1.807) is 18.3 Å². The largest absolute Gasteiger partial charge is 0.378 e. The summed E-state index contributed by atoms with van der Waals surface area (Å²) in [6, 6.07) is 16.7. The number of nitrogens with zero attached hydrogens (tertiary/aromatic N) is 3. The third kappa shape index (κ3) is 5.10. The van der Waals surface area contributed by atoms with Crippen molar-refractivity contribution in [3.05, 3.63) is 70.8 Å². The van der Waals surface area contributed by atoms with Crippen molar-refractivity contribution in [3.8, 4) is 0 Å². The minimum atomic E-state index is -0.156. The Balaban J connectivity index is 1.40. The van der Waals surface area contributed by atoms with Crippen LogP contribution >= 0.6 is 15.9 Å². The van der Waals surface area contributed by atoms with Crippen molar-refractivity contribution in [2.75, 3.05) is 41.8 Å². The third-order valence-electron chi connectivity index (χ3n) is 4.52. The maximum Gasteiger partial charge on any atom is 0.255 e. The van der Waals surface area contributed by atoms with Crippen LogP contribution in [-0.2, 0) is 4.74 Å². The van der Waals surface area contributed by atoms with Crippen molar-refractivity contribution in [3.63, 3.8) is 0 Å². The summed E-state index contributed by atoms with van der Waals surface area (Å²) in [7, 11) is 0. The number of rotatable bonds is 5. The van der Waals surface area contributed by atoms with Gasteiger partial charge in [-0.2, -0.15) is 5.10 Å². The molecule has 1 aliphatic rings. The molecule has 1 fully saturated rings. The molecule has 2 aromatic carbocycles. The molecule has 0 unspecified atom stereocenters. The maximum atomic E-state index is 12.4. The molecule has 0 spiro atoms. The molecule has 7 nitrogen and oxygen atoms in total. The highest BCUT2D eigenvalue weighted by molar-refractivity contribution is 9.10. The second-order valence-corrected chi connectivity index (χ2v) is 7.48. The lowest BCUT2D eigenvalue weighted by atomic mass is 10.2. The van der Waals surface area contributed by atoms with Crippen LogP contribution in [0.4, 0.5) is 22.9 Å². The molecule has 148 valence electrons. The highest BCUT2D eigenvalue weighted by atomic mass is 79.9. The van der Waals surface area contributed by atoms with E-state index in [0.717, 1.165) is 42.2 Å². The Morgan fingerprint density at radius 3 is 2.55 bits per heavy atom. The molecule has 0 atom stereocenters. The zero-order valence-electron chi connectivity index (χ0n) is 15.6. The van der Waals surface area contributed by atoms with Crippen molar-refractivity contribution < 1.29 is 9.53 Å². The van der Waals surface area contributed by atoms with E-state index in [-0.39, 0.29) is 5.91 Å². The zero-order valence-corrected chi connectivity index (χ0v) is 17.2. The van der Waals surface area contributed by atoms with Crippen LogP contribution in [0.5, 0.6) is 0 Å². The standard InChI is InChI=1S/C21H20BrN5O2/c22-16-3-1-2-15(12-16)21(28)25-18-6-4-17(5-7-18)24-20-13-19(14-23-26-20)27-8-10-29-11-9-27/h1-7,12-14H,8-11H2,(H,24,26)(H,25,28). The summed E-state index contributed by atoms with van der Waals surface area (Å²) >= 11 is 3.38. The molecule has 1 amide bonds. The molecule has 4 rings (SSSR count). The van der Waals surface area contributed by atoms with Crippen LogP contribution in [0.3, 0.4) is 0 Å². The van der Waals surface area contributed by atoms with Crippen LogP contribution in [-0.4, -0.2) is 42.4 Å². The van der Waals surface area contributed by atoms with Gasteiger partial charge in [0, 0.05) is 40.6 Å². The van der Waals surface area contributed by atoms with Gasteiger partial charge >= 0.3 is 0 Å². The van der Waals surface area contributed by atoms with E-state index >= 15 is 0 Å². The molecule has 0 saturated carbocycles. The lowest BCUT2D eigenvalue weighted by Gasteiger charge is -2.28. The smallest absolute Gasteiger partial charge is 0.255 e. The third-order valence-corrected chi connectivity index (χ3v) is 5.01. The predicted octanol–water partition coefficient (Wildman–Crippen LogP) is 4.07. The van der Waals surface area contributed by atoms with Crippen molar-refractivity contribution in [2.24, 2.45) is 0 Å². The van der Waals surface area contributed by atoms with Gasteiger partial charge in [-0.3, -0.25) is 4.79 Å². The monoisotopic (exact) mass is 453 g/mol. The Labute approximate surface area is 177 Å². The average molecular weight is 454 g/mol. The van der Waals surface area contributed by atoms with E-state index in [4.69, 9.17) is 4.74 Å². The van der Waals surface area contributed by atoms with Gasteiger partial charge in [-0.25, -0.2) is 0 Å². The number of amides is 1. The molecule has 8 heteroatoms. The fourth-order valence-electron chi connectivity index (χ4n) is 3.03. The van der Waals surface area contributed by atoms with Crippen LogP contribution in [0.1, 0.15) is 10.4 Å². The summed E-state index contributed by atoms with van der Waals surface area (Å²) in [5.74, 6) is 0.510. The number of benzene rings is 2. The molecule has 1 saturated heterocycles. The Morgan fingerprint density at radius 1 is 1.03 bits per heavy atom. The first-order chi connectivity index (χ1) is 14.2. The molecule has 1 aromatic heterocycles. The van der Waals surface area contributed by atoms with Gasteiger partial charge in [0.15, 0.2) is 5.82 Å². The van der Waals surface area contributed by atoms with Gasteiger partial charge in [0.25, 0.3) is 5.91 Å². The molecule has 0 aliphatic carbocycles. The van der Waals surface area contributed by atoms with Crippen LogP contribution in [0, 0.1) is 0 Å². The lowest BCUT2D eigenvalue weighted by molar-refractivity contribution is 0.102. The van der Waals surface area contributed by atoms with Crippen molar-refractivity contribution in [1.29, 1.82) is 0 Å². The maximum absolute atomic E-state index is 12.4. The highest BCUT2D eigenvalue weighted by Crippen LogP contribution is 2.22. The van der Waals surface area contributed by atoms with Gasteiger partial charge in [0.1, 0.15) is 0 Å². The lowest BCUT2D eigenvalue weighted by Crippen LogP contribution is -2.36. The molecule has 2 N–H and O–H groups in total. The van der Waals surface area contributed by atoms with Gasteiger partial charge < -0.3 is 20.3 Å². The average Bonchev–Trinajstić information content (AvgIpc) is 2.76. The van der Waals surface area contributed by atoms with E-state index in [1.807, 2.05) is 42.5 Å². The molecule has 0 bridgehead atoms. The summed E-state index contributed by atoms with van der Waals surface area (Å²) in [5.41, 5.74) is 3.19. The van der Waals surface area contributed by atoms with Gasteiger partial charge in [0.2, 0.25) is 0 Å². The highest BCUT2D eigenvalue weighted by Gasteiger charge is 2.12. The SMILES string of the molecule is O=C(Nc1ccc(Nc2cc(N3CCOCC3)cnn2)cc1)c1cccc(Br)c1. The first kappa shape index (κ1) is 19.4. The van der Waals surface area contributed by atoms with E-state index in [2.05, 4.69) is 41.7 Å². The number of morpholine rings is 1. The number of hydrogen-bond donors (Lipinski definition) is 2. The first-order valence-corrected chi connectivity index (χ1v) is 10.1. The number of hydrogen-bond acceptors (Lipinski definition) is 6. The summed E-state index contributed by atoms with van der Waals surface area (Å²) in [6.07, 6.45) is 1.76. The molecular weight excluding hydrogens is 434 g/mol. The van der Waals surface area contributed by atoms with Gasteiger partial charge in [-0.1, -0.05) is 22.0 Å². The number of carbonyl (C=O) groups is 1. The Hall–Kier alpha value is -2.97. The second kappa shape index (κ2) is 9.02. The number of ether oxygens (including phenoxy) is 1. The van der Waals surface area contributed by atoms with Gasteiger partial charge in [-0.15, -0.1) is 5.10 Å². The second-order valence-electron chi connectivity index (χ2n) is 6.57. The Morgan fingerprint density at radius 2 is 1.79 bits per heavy atom. The number of anilines is 4. The minimum absolute atomic E-state index is 0.156. The number of carbonyl (C=O) groups excluding carboxylic acids is 1. The number of nitrogens with one attached hydrogen (secondary N) is 2. The van der Waals surface area contributed by atoms with E-state index < -0.39 is 0 Å². The number of halogens is 1. The number of aromatic nitrogens is 2. The van der Waals surface area contributed by atoms with E-state index in [1.165, 1.54) is 0 Å². The fraction of sp³-hybridized carbons (Fsp3) is 0.190. The Kier molecular flexibility index (Phi) is 6.02. The van der Waals surface area contributed by atoms with E-state index in [9.17, 15) is 4.79 Å². The molecular formula is C21H20BrN5O2. The topological polar surface area (TPSA) is 79.4 Å². The normalized spacial score (nSPS) is 13.8. The van der Waals surface area contributed by atoms with Crippen molar-refractivity contribution in [1.82, 2.24) is 10.2 Å². The minimum Gasteiger partial charge on any atom is -0.378 e. The van der Waals surface area contributed by atoms with Crippen LogP contribution < -0.4 is 15.5 Å². The summed E-state index contributed by atoms with van der Waals surface area (Å²) in [6.45, 7) is 3.13. The van der Waals surface area contributed by atoms with Gasteiger partial charge in [-0.05, 0) is 42.5 Å². The molecule has 29 heavy (non-hydrogen) atoms. The Bertz CT molecular complexity index is 990. The van der Waals surface area contributed by atoms with Gasteiger partial charge in [0.05, 0.1) is 25.1 Å². The van der Waals surface area contributed by atoms with Crippen LogP contribution in [0.2, 0.25) is 0 Å². The molecule has 2 heterocycles. The molecule has 0 radical (unpaired) electrons. The quantitative estimate of drug-likeness (QED) is 0.605. The van der Waals surface area contributed by atoms with Crippen molar-refractivity contribution in [2.45, 2.75) is 0 Å².